The molecule has 0 saturated heterocycles. The van der Waals surface area contributed by atoms with E-state index in [2.05, 4.69) is 31.1 Å². The number of hydrogen-bond donors (Lipinski definition) is 2. The van der Waals surface area contributed by atoms with E-state index < -0.39 is 0 Å². The first kappa shape index (κ1) is 14.3. The van der Waals surface area contributed by atoms with Crippen molar-refractivity contribution < 1.29 is 4.74 Å². The molecule has 0 amide bonds. The molecule has 3 N–H and O–H groups in total. The van der Waals surface area contributed by atoms with E-state index in [1.54, 1.807) is 0 Å². The van der Waals surface area contributed by atoms with Crippen molar-refractivity contribution in [1.29, 1.82) is 0 Å². The van der Waals surface area contributed by atoms with Crippen molar-refractivity contribution in [3.05, 3.63) is 0 Å². The summed E-state index contributed by atoms with van der Waals surface area (Å²) in [5.41, 5.74) is 6.21. The zero-order valence-electron chi connectivity index (χ0n) is 11.7. The molecule has 0 heterocycles. The molecular formula is C13H27N3O. The molecule has 0 bridgehead atoms. The molecule has 17 heavy (non-hydrogen) atoms. The molecular weight excluding hydrogens is 214 g/mol. The quantitative estimate of drug-likeness (QED) is 0.424. The molecule has 100 valence electrons. The average molecular weight is 241 g/mol. The van der Waals surface area contributed by atoms with Gasteiger partial charge >= 0.3 is 0 Å². The lowest BCUT2D eigenvalue weighted by Crippen LogP contribution is -2.45. The maximum Gasteiger partial charge on any atom is 0.189 e. The Balaban J connectivity index is 2.31. The Hall–Kier alpha value is -0.770. The molecule has 0 aliphatic heterocycles. The Labute approximate surface area is 105 Å². The summed E-state index contributed by atoms with van der Waals surface area (Å²) in [6.07, 6.45) is 3.62. The molecule has 4 nitrogen and oxygen atoms in total. The molecule has 1 saturated carbocycles. The third kappa shape index (κ3) is 5.91. The van der Waals surface area contributed by atoms with Crippen molar-refractivity contribution in [2.45, 2.75) is 52.5 Å². The fraction of sp³-hybridized carbons (Fsp3) is 0.923. The highest BCUT2D eigenvalue weighted by Gasteiger charge is 2.41. The molecule has 0 aromatic carbocycles. The van der Waals surface area contributed by atoms with Gasteiger partial charge in [-0.3, -0.25) is 4.99 Å². The highest BCUT2D eigenvalue weighted by Crippen LogP contribution is 2.48. The first-order valence-corrected chi connectivity index (χ1v) is 6.53. The highest BCUT2D eigenvalue weighted by atomic mass is 16.5. The Morgan fingerprint density at radius 2 is 2.06 bits per heavy atom. The summed E-state index contributed by atoms with van der Waals surface area (Å²) in [7, 11) is 0. The van der Waals surface area contributed by atoms with Crippen LogP contribution in [0.2, 0.25) is 0 Å². The van der Waals surface area contributed by atoms with Crippen LogP contribution in [0.15, 0.2) is 4.99 Å². The summed E-state index contributed by atoms with van der Waals surface area (Å²) in [6.45, 7) is 10.7. The first-order chi connectivity index (χ1) is 7.87. The van der Waals surface area contributed by atoms with E-state index in [0.717, 1.165) is 26.2 Å². The molecule has 1 rings (SSSR count). The van der Waals surface area contributed by atoms with Crippen LogP contribution in [0, 0.1) is 5.41 Å². The van der Waals surface area contributed by atoms with Crippen molar-refractivity contribution in [2.75, 3.05) is 19.8 Å². The van der Waals surface area contributed by atoms with E-state index in [9.17, 15) is 0 Å². The van der Waals surface area contributed by atoms with Gasteiger partial charge in [0.05, 0.1) is 0 Å². The fourth-order valence-electron chi connectivity index (χ4n) is 1.77. The van der Waals surface area contributed by atoms with Gasteiger partial charge in [-0.15, -0.1) is 0 Å². The van der Waals surface area contributed by atoms with Gasteiger partial charge in [-0.1, -0.05) is 0 Å². The lowest BCUT2D eigenvalue weighted by atomic mass is 10.0. The van der Waals surface area contributed by atoms with E-state index >= 15 is 0 Å². The minimum Gasteiger partial charge on any atom is -0.382 e. The zero-order valence-corrected chi connectivity index (χ0v) is 11.7. The van der Waals surface area contributed by atoms with Crippen LogP contribution in [0.5, 0.6) is 0 Å². The number of ether oxygens (including phenoxy) is 1. The minimum atomic E-state index is -0.0182. The van der Waals surface area contributed by atoms with Crippen molar-refractivity contribution in [1.82, 2.24) is 5.32 Å². The Morgan fingerprint density at radius 1 is 1.41 bits per heavy atom. The number of nitrogens with zero attached hydrogens (tertiary/aromatic N) is 1. The summed E-state index contributed by atoms with van der Waals surface area (Å²) < 4.78 is 5.40. The average Bonchev–Trinajstić information content (AvgIpc) is 2.94. The third-order valence-corrected chi connectivity index (χ3v) is 3.03. The number of hydrogen-bond acceptors (Lipinski definition) is 2. The van der Waals surface area contributed by atoms with Crippen LogP contribution >= 0.6 is 0 Å². The van der Waals surface area contributed by atoms with Gasteiger partial charge in [-0.2, -0.15) is 0 Å². The van der Waals surface area contributed by atoms with E-state index in [1.807, 2.05) is 6.92 Å². The van der Waals surface area contributed by atoms with E-state index in [1.165, 1.54) is 12.8 Å². The maximum atomic E-state index is 5.86. The number of nitrogens with two attached hydrogens (primary N) is 1. The second kappa shape index (κ2) is 5.71. The van der Waals surface area contributed by atoms with Crippen molar-refractivity contribution in [2.24, 2.45) is 16.1 Å². The summed E-state index contributed by atoms with van der Waals surface area (Å²) in [6, 6.07) is 0. The topological polar surface area (TPSA) is 59.6 Å². The van der Waals surface area contributed by atoms with Crippen LogP contribution in [0.4, 0.5) is 0 Å². The molecule has 0 aromatic heterocycles. The van der Waals surface area contributed by atoms with E-state index in [4.69, 9.17) is 10.5 Å². The third-order valence-electron chi connectivity index (χ3n) is 3.03. The SMILES string of the molecule is CCOCCC1(CN=C(N)NC(C)(C)C)CC1. The van der Waals surface area contributed by atoms with Crippen LogP contribution in [-0.2, 0) is 4.74 Å². The Bertz CT molecular complexity index is 264. The molecule has 0 aromatic rings. The highest BCUT2D eigenvalue weighted by molar-refractivity contribution is 5.78. The van der Waals surface area contributed by atoms with Crippen molar-refractivity contribution in [3.63, 3.8) is 0 Å². The van der Waals surface area contributed by atoms with Gasteiger partial charge in [0.25, 0.3) is 0 Å². The van der Waals surface area contributed by atoms with Gasteiger partial charge in [0.1, 0.15) is 0 Å². The van der Waals surface area contributed by atoms with Crippen LogP contribution in [0.25, 0.3) is 0 Å². The molecule has 1 aliphatic carbocycles. The zero-order chi connectivity index (χ0) is 12.9. The summed E-state index contributed by atoms with van der Waals surface area (Å²) >= 11 is 0. The summed E-state index contributed by atoms with van der Waals surface area (Å²) in [5.74, 6) is 0.556. The number of rotatable bonds is 6. The van der Waals surface area contributed by atoms with Crippen molar-refractivity contribution >= 4 is 5.96 Å². The van der Waals surface area contributed by atoms with Crippen LogP contribution < -0.4 is 11.1 Å². The van der Waals surface area contributed by atoms with Crippen LogP contribution in [-0.4, -0.2) is 31.3 Å². The molecule has 1 fully saturated rings. The number of aliphatic imine (C=N–C) groups is 1. The van der Waals surface area contributed by atoms with E-state index in [0.29, 0.717) is 11.4 Å². The Morgan fingerprint density at radius 3 is 2.53 bits per heavy atom. The predicted molar refractivity (Wildman–Crippen MR) is 72.2 cm³/mol. The molecule has 0 spiro atoms. The second-order valence-corrected chi connectivity index (χ2v) is 6.02. The smallest absolute Gasteiger partial charge is 0.189 e. The Kier molecular flexibility index (Phi) is 4.80. The van der Waals surface area contributed by atoms with Gasteiger partial charge in [-0.25, -0.2) is 0 Å². The second-order valence-electron chi connectivity index (χ2n) is 6.02. The molecule has 0 unspecified atom stereocenters. The van der Waals surface area contributed by atoms with Crippen LogP contribution in [0.3, 0.4) is 0 Å². The summed E-state index contributed by atoms with van der Waals surface area (Å²) in [5, 5.41) is 3.18. The number of guanidine groups is 1. The van der Waals surface area contributed by atoms with Gasteiger partial charge in [0, 0.05) is 25.3 Å². The predicted octanol–water partition coefficient (Wildman–Crippen LogP) is 1.90. The lowest BCUT2D eigenvalue weighted by molar-refractivity contribution is 0.129. The van der Waals surface area contributed by atoms with Gasteiger partial charge in [-0.05, 0) is 52.4 Å². The molecule has 1 aliphatic rings. The lowest BCUT2D eigenvalue weighted by Gasteiger charge is -2.21. The number of nitrogens with one attached hydrogen (secondary N) is 1. The fourth-order valence-corrected chi connectivity index (χ4v) is 1.77. The van der Waals surface area contributed by atoms with E-state index in [-0.39, 0.29) is 5.54 Å². The van der Waals surface area contributed by atoms with Crippen LogP contribution in [0.1, 0.15) is 47.0 Å². The standard InChI is InChI=1S/C13H27N3O/c1-5-17-9-8-13(6-7-13)10-15-11(14)16-12(2,3)4/h5-10H2,1-4H3,(H3,14,15,16). The first-order valence-electron chi connectivity index (χ1n) is 6.53. The van der Waals surface area contributed by atoms with Crippen molar-refractivity contribution in [3.8, 4) is 0 Å². The van der Waals surface area contributed by atoms with Gasteiger partial charge < -0.3 is 15.8 Å². The summed E-state index contributed by atoms with van der Waals surface area (Å²) in [4.78, 5) is 4.45. The van der Waals surface area contributed by atoms with Gasteiger partial charge in [0.2, 0.25) is 0 Å². The monoisotopic (exact) mass is 241 g/mol. The largest absolute Gasteiger partial charge is 0.382 e. The minimum absolute atomic E-state index is 0.0182. The maximum absolute atomic E-state index is 5.86. The molecule has 4 heteroatoms. The molecule has 0 atom stereocenters. The van der Waals surface area contributed by atoms with Gasteiger partial charge in [0.15, 0.2) is 5.96 Å². The normalized spacial score (nSPS) is 19.2. The molecule has 0 radical (unpaired) electrons.